The highest BCUT2D eigenvalue weighted by atomic mass is 32.2. The van der Waals surface area contributed by atoms with E-state index in [2.05, 4.69) is 16.4 Å². The van der Waals surface area contributed by atoms with Gasteiger partial charge in [0.1, 0.15) is 0 Å². The standard InChI is InChI=1S/C20H22N2O3S2/c1-12(2)27(24,25)16-7-5-15(6-8-16)11-18(23)22-20-21-17-10-13(3)9-14(4)19(17)26-20/h5-10,12H,11H2,1-4H3,(H,21,22,23). The molecule has 2 aromatic carbocycles. The smallest absolute Gasteiger partial charge is 0.230 e. The van der Waals surface area contributed by atoms with Gasteiger partial charge >= 0.3 is 0 Å². The highest BCUT2D eigenvalue weighted by Crippen LogP contribution is 2.29. The Hall–Kier alpha value is -2.25. The van der Waals surface area contributed by atoms with E-state index in [1.165, 1.54) is 11.3 Å². The first-order chi connectivity index (χ1) is 12.7. The van der Waals surface area contributed by atoms with E-state index in [0.717, 1.165) is 26.9 Å². The van der Waals surface area contributed by atoms with Crippen molar-refractivity contribution in [2.45, 2.75) is 44.3 Å². The van der Waals surface area contributed by atoms with Gasteiger partial charge in [0.05, 0.1) is 26.8 Å². The molecule has 0 unspecified atom stereocenters. The molecule has 3 rings (SSSR count). The molecule has 0 spiro atoms. The minimum Gasteiger partial charge on any atom is -0.302 e. The summed E-state index contributed by atoms with van der Waals surface area (Å²) in [5.74, 6) is -0.178. The number of amides is 1. The third-order valence-corrected chi connectivity index (χ3v) is 7.60. The van der Waals surface area contributed by atoms with E-state index in [-0.39, 0.29) is 17.2 Å². The van der Waals surface area contributed by atoms with Gasteiger partial charge in [0.25, 0.3) is 0 Å². The first-order valence-corrected chi connectivity index (χ1v) is 11.0. The Morgan fingerprint density at radius 2 is 1.81 bits per heavy atom. The largest absolute Gasteiger partial charge is 0.302 e. The number of nitrogens with zero attached hydrogens (tertiary/aromatic N) is 1. The predicted molar refractivity (Wildman–Crippen MR) is 110 cm³/mol. The number of rotatable bonds is 5. The van der Waals surface area contributed by atoms with Crippen LogP contribution in [0.2, 0.25) is 0 Å². The van der Waals surface area contributed by atoms with Gasteiger partial charge in [-0.05, 0) is 62.6 Å². The summed E-state index contributed by atoms with van der Waals surface area (Å²) < 4.78 is 25.4. The van der Waals surface area contributed by atoms with Gasteiger partial charge in [0.15, 0.2) is 15.0 Å². The minimum atomic E-state index is -3.30. The van der Waals surface area contributed by atoms with Crippen molar-refractivity contribution in [2.75, 3.05) is 5.32 Å². The van der Waals surface area contributed by atoms with Crippen molar-refractivity contribution >= 4 is 42.4 Å². The third kappa shape index (κ3) is 4.20. The van der Waals surface area contributed by atoms with Crippen molar-refractivity contribution < 1.29 is 13.2 Å². The summed E-state index contributed by atoms with van der Waals surface area (Å²) in [7, 11) is -3.30. The lowest BCUT2D eigenvalue weighted by Crippen LogP contribution is -2.15. The molecular weight excluding hydrogens is 380 g/mol. The molecule has 3 aromatic rings. The van der Waals surface area contributed by atoms with Gasteiger partial charge in [-0.15, -0.1) is 0 Å². The fourth-order valence-electron chi connectivity index (χ4n) is 2.85. The van der Waals surface area contributed by atoms with Gasteiger partial charge in [-0.3, -0.25) is 4.79 Å². The van der Waals surface area contributed by atoms with E-state index < -0.39 is 15.1 Å². The summed E-state index contributed by atoms with van der Waals surface area (Å²) in [5, 5.41) is 2.94. The SMILES string of the molecule is Cc1cc(C)c2sc(NC(=O)Cc3ccc(S(=O)(=O)C(C)C)cc3)nc2c1. The van der Waals surface area contributed by atoms with Gasteiger partial charge in [-0.1, -0.05) is 29.5 Å². The molecule has 0 aliphatic carbocycles. The maximum Gasteiger partial charge on any atom is 0.230 e. The molecule has 0 saturated heterocycles. The fourth-order valence-corrected chi connectivity index (χ4v) is 4.84. The van der Waals surface area contributed by atoms with Gasteiger partial charge in [0.2, 0.25) is 5.91 Å². The molecule has 1 aromatic heterocycles. The lowest BCUT2D eigenvalue weighted by Gasteiger charge is -2.08. The Bertz CT molecular complexity index is 1100. The second kappa shape index (κ2) is 7.40. The van der Waals surface area contributed by atoms with Crippen LogP contribution in [0.15, 0.2) is 41.3 Å². The molecule has 0 atom stereocenters. The molecule has 5 nitrogen and oxygen atoms in total. The number of thiazole rings is 1. The van der Waals surface area contributed by atoms with Crippen LogP contribution < -0.4 is 5.32 Å². The average molecular weight is 403 g/mol. The number of nitrogens with one attached hydrogen (secondary N) is 1. The molecule has 1 amide bonds. The molecule has 0 radical (unpaired) electrons. The Labute approximate surface area is 163 Å². The minimum absolute atomic E-state index is 0.163. The third-order valence-electron chi connectivity index (χ3n) is 4.30. The molecule has 7 heteroatoms. The quantitative estimate of drug-likeness (QED) is 0.691. The van der Waals surface area contributed by atoms with Crippen LogP contribution in [-0.4, -0.2) is 24.6 Å². The molecular formula is C20H22N2O3S2. The number of aromatic nitrogens is 1. The van der Waals surface area contributed by atoms with Crippen LogP contribution in [0.3, 0.4) is 0 Å². The van der Waals surface area contributed by atoms with Crippen molar-refractivity contribution in [3.8, 4) is 0 Å². The lowest BCUT2D eigenvalue weighted by molar-refractivity contribution is -0.115. The zero-order chi connectivity index (χ0) is 19.8. The predicted octanol–water partition coefficient (Wildman–Crippen LogP) is 4.28. The Morgan fingerprint density at radius 1 is 1.15 bits per heavy atom. The zero-order valence-electron chi connectivity index (χ0n) is 15.7. The van der Waals surface area contributed by atoms with Gasteiger partial charge < -0.3 is 5.32 Å². The highest BCUT2D eigenvalue weighted by molar-refractivity contribution is 7.92. The number of hydrogen-bond acceptors (Lipinski definition) is 5. The second-order valence-corrected chi connectivity index (χ2v) is 10.4. The Kier molecular flexibility index (Phi) is 5.35. The maximum absolute atomic E-state index is 12.3. The average Bonchev–Trinajstić information content (AvgIpc) is 2.97. The van der Waals surface area contributed by atoms with Crippen molar-refractivity contribution in [3.63, 3.8) is 0 Å². The number of fused-ring (bicyclic) bond motifs is 1. The fraction of sp³-hybridized carbons (Fsp3) is 0.300. The first kappa shape index (κ1) is 19.5. The Morgan fingerprint density at radius 3 is 2.44 bits per heavy atom. The summed E-state index contributed by atoms with van der Waals surface area (Å²) >= 11 is 1.46. The molecule has 142 valence electrons. The topological polar surface area (TPSA) is 76.1 Å². The molecule has 0 fully saturated rings. The van der Waals surface area contributed by atoms with Crippen LogP contribution in [0, 0.1) is 13.8 Å². The molecule has 1 N–H and O–H groups in total. The summed E-state index contributed by atoms with van der Waals surface area (Å²) in [6, 6.07) is 10.6. The molecule has 27 heavy (non-hydrogen) atoms. The lowest BCUT2D eigenvalue weighted by atomic mass is 10.1. The molecule has 0 aliphatic rings. The number of benzene rings is 2. The second-order valence-electron chi connectivity index (χ2n) is 6.91. The van der Waals surface area contributed by atoms with Crippen molar-refractivity contribution in [1.82, 2.24) is 4.98 Å². The molecule has 1 heterocycles. The number of carbonyl (C=O) groups excluding carboxylic acids is 1. The number of aryl methyl sites for hydroxylation is 2. The molecule has 0 bridgehead atoms. The van der Waals surface area contributed by atoms with Crippen LogP contribution in [0.25, 0.3) is 10.2 Å². The number of anilines is 1. The molecule has 0 aliphatic heterocycles. The van der Waals surface area contributed by atoms with E-state index >= 15 is 0 Å². The van der Waals surface area contributed by atoms with Crippen molar-refractivity contribution in [1.29, 1.82) is 0 Å². The van der Waals surface area contributed by atoms with E-state index in [1.807, 2.05) is 19.9 Å². The Balaban J connectivity index is 1.72. The summed E-state index contributed by atoms with van der Waals surface area (Å²) in [6.07, 6.45) is 0.163. The van der Waals surface area contributed by atoms with Gasteiger partial charge in [-0.2, -0.15) is 0 Å². The number of carbonyl (C=O) groups is 1. The normalized spacial score (nSPS) is 11.9. The summed E-state index contributed by atoms with van der Waals surface area (Å²) in [5.41, 5.74) is 3.92. The van der Waals surface area contributed by atoms with Crippen LogP contribution in [-0.2, 0) is 21.1 Å². The van der Waals surface area contributed by atoms with Crippen LogP contribution >= 0.6 is 11.3 Å². The van der Waals surface area contributed by atoms with E-state index in [9.17, 15) is 13.2 Å². The van der Waals surface area contributed by atoms with Crippen LogP contribution in [0.5, 0.6) is 0 Å². The van der Waals surface area contributed by atoms with Crippen molar-refractivity contribution in [3.05, 3.63) is 53.1 Å². The zero-order valence-corrected chi connectivity index (χ0v) is 17.4. The highest BCUT2D eigenvalue weighted by Gasteiger charge is 2.19. The van der Waals surface area contributed by atoms with Gasteiger partial charge in [-0.25, -0.2) is 13.4 Å². The summed E-state index contributed by atoms with van der Waals surface area (Å²) in [4.78, 5) is 17.1. The van der Waals surface area contributed by atoms with Gasteiger partial charge in [0, 0.05) is 0 Å². The van der Waals surface area contributed by atoms with Crippen LogP contribution in [0.4, 0.5) is 5.13 Å². The maximum atomic E-state index is 12.3. The van der Waals surface area contributed by atoms with Crippen molar-refractivity contribution in [2.24, 2.45) is 0 Å². The van der Waals surface area contributed by atoms with Crippen LogP contribution in [0.1, 0.15) is 30.5 Å². The monoisotopic (exact) mass is 402 g/mol. The summed E-state index contributed by atoms with van der Waals surface area (Å²) in [6.45, 7) is 7.36. The molecule has 0 saturated carbocycles. The van der Waals surface area contributed by atoms with E-state index in [1.54, 1.807) is 38.1 Å². The van der Waals surface area contributed by atoms with E-state index in [0.29, 0.717) is 5.13 Å². The first-order valence-electron chi connectivity index (χ1n) is 8.67. The number of hydrogen-bond donors (Lipinski definition) is 1. The van der Waals surface area contributed by atoms with E-state index in [4.69, 9.17) is 0 Å². The number of sulfone groups is 1.